The number of hydrogen-bond acceptors (Lipinski definition) is 4. The van der Waals surface area contributed by atoms with Gasteiger partial charge in [0.05, 0.1) is 14.2 Å². The zero-order valence-electron chi connectivity index (χ0n) is 18.7. The number of benzene rings is 2. The lowest BCUT2D eigenvalue weighted by Gasteiger charge is -2.14. The molecule has 0 atom stereocenters. The van der Waals surface area contributed by atoms with Crippen molar-refractivity contribution in [2.24, 2.45) is 4.99 Å². The van der Waals surface area contributed by atoms with E-state index in [-0.39, 0.29) is 29.9 Å². The number of carbonyl (C=O) groups excluding carboxylic acids is 1. The smallest absolute Gasteiger partial charge is 0.251 e. The molecule has 2 rings (SSSR count). The minimum atomic E-state index is -0.0334. The van der Waals surface area contributed by atoms with Crippen molar-refractivity contribution in [3.05, 3.63) is 59.2 Å². The number of amides is 1. The van der Waals surface area contributed by atoms with Gasteiger partial charge in [-0.15, -0.1) is 24.0 Å². The lowest BCUT2D eigenvalue weighted by molar-refractivity contribution is 0.0953. The molecular weight excluding hydrogens is 507 g/mol. The van der Waals surface area contributed by atoms with E-state index in [1.165, 1.54) is 0 Å². The van der Waals surface area contributed by atoms with Gasteiger partial charge in [-0.1, -0.05) is 25.5 Å². The molecule has 3 N–H and O–H groups in total. The summed E-state index contributed by atoms with van der Waals surface area (Å²) in [6.07, 6.45) is 2.05. The third-order valence-electron chi connectivity index (χ3n) is 4.66. The summed E-state index contributed by atoms with van der Waals surface area (Å²) < 4.78 is 10.7. The Labute approximate surface area is 202 Å². The maximum absolute atomic E-state index is 12.1. The van der Waals surface area contributed by atoms with Crippen LogP contribution < -0.4 is 25.4 Å². The highest BCUT2D eigenvalue weighted by atomic mass is 127. The van der Waals surface area contributed by atoms with Gasteiger partial charge in [0.25, 0.3) is 5.91 Å². The Balaban J connectivity index is 0.00000480. The Morgan fingerprint density at radius 3 is 2.29 bits per heavy atom. The Kier molecular flexibility index (Phi) is 12.4. The maximum Gasteiger partial charge on any atom is 0.251 e. The molecule has 0 spiro atoms. The van der Waals surface area contributed by atoms with Crippen LogP contribution in [0.4, 0.5) is 0 Å². The number of carbonyl (C=O) groups is 1. The Morgan fingerprint density at radius 2 is 1.68 bits per heavy atom. The van der Waals surface area contributed by atoms with Crippen molar-refractivity contribution < 1.29 is 14.3 Å². The van der Waals surface area contributed by atoms with Gasteiger partial charge in [-0.2, -0.15) is 0 Å². The van der Waals surface area contributed by atoms with Crippen LogP contribution >= 0.6 is 24.0 Å². The van der Waals surface area contributed by atoms with Crippen LogP contribution in [0.1, 0.15) is 41.3 Å². The fraction of sp³-hybridized carbons (Fsp3) is 0.391. The number of halogens is 1. The standard InChI is InChI=1S/C23H32N4O3.HI/c1-5-6-13-25-22(28)18-9-7-17(8-10-18)15-26-23(24-2)27-16-19-11-12-20(29-3)14-21(19)30-4;/h7-12,14H,5-6,13,15-16H2,1-4H3,(H,25,28)(H2,24,26,27);1H. The summed E-state index contributed by atoms with van der Waals surface area (Å²) in [6.45, 7) is 3.96. The first-order chi connectivity index (χ1) is 14.6. The number of hydrogen-bond donors (Lipinski definition) is 3. The summed E-state index contributed by atoms with van der Waals surface area (Å²) in [6, 6.07) is 13.3. The molecule has 0 bridgehead atoms. The average molecular weight is 540 g/mol. The molecule has 7 nitrogen and oxygen atoms in total. The molecule has 0 saturated heterocycles. The molecule has 0 aliphatic rings. The minimum Gasteiger partial charge on any atom is -0.497 e. The van der Waals surface area contributed by atoms with E-state index in [0.717, 1.165) is 35.5 Å². The summed E-state index contributed by atoms with van der Waals surface area (Å²) in [4.78, 5) is 16.3. The number of guanidine groups is 1. The van der Waals surface area contributed by atoms with Crippen LogP contribution in [-0.4, -0.2) is 39.7 Å². The highest BCUT2D eigenvalue weighted by Crippen LogP contribution is 2.24. The Hall–Kier alpha value is -2.49. The highest BCUT2D eigenvalue weighted by Gasteiger charge is 2.07. The van der Waals surface area contributed by atoms with E-state index in [9.17, 15) is 4.79 Å². The minimum absolute atomic E-state index is 0. The monoisotopic (exact) mass is 540 g/mol. The summed E-state index contributed by atoms with van der Waals surface area (Å²) in [5, 5.41) is 9.49. The molecule has 2 aromatic rings. The van der Waals surface area contributed by atoms with Crippen molar-refractivity contribution in [3.8, 4) is 11.5 Å². The molecule has 0 saturated carbocycles. The number of unbranched alkanes of at least 4 members (excludes halogenated alkanes) is 1. The lowest BCUT2D eigenvalue weighted by Crippen LogP contribution is -2.36. The Bertz CT molecular complexity index is 841. The molecule has 2 aromatic carbocycles. The van der Waals surface area contributed by atoms with Crippen molar-refractivity contribution in [3.63, 3.8) is 0 Å². The van der Waals surface area contributed by atoms with Crippen molar-refractivity contribution in [1.29, 1.82) is 0 Å². The third-order valence-corrected chi connectivity index (χ3v) is 4.66. The topological polar surface area (TPSA) is 84.0 Å². The molecule has 0 radical (unpaired) electrons. The van der Waals surface area contributed by atoms with Gasteiger partial charge in [0, 0.05) is 43.9 Å². The molecule has 31 heavy (non-hydrogen) atoms. The van der Waals surface area contributed by atoms with E-state index in [2.05, 4.69) is 27.9 Å². The van der Waals surface area contributed by atoms with Crippen LogP contribution in [0, 0.1) is 0 Å². The predicted molar refractivity (Wildman–Crippen MR) is 136 cm³/mol. The van der Waals surface area contributed by atoms with Gasteiger partial charge in [0.1, 0.15) is 11.5 Å². The molecule has 0 aliphatic carbocycles. The van der Waals surface area contributed by atoms with Gasteiger partial charge in [0.15, 0.2) is 5.96 Å². The number of nitrogens with zero attached hydrogens (tertiary/aromatic N) is 1. The van der Waals surface area contributed by atoms with Crippen LogP contribution in [0.2, 0.25) is 0 Å². The molecule has 0 heterocycles. The van der Waals surface area contributed by atoms with E-state index in [0.29, 0.717) is 31.2 Å². The van der Waals surface area contributed by atoms with Gasteiger partial charge < -0.3 is 25.4 Å². The van der Waals surface area contributed by atoms with E-state index in [1.54, 1.807) is 21.3 Å². The molecule has 0 aromatic heterocycles. The van der Waals surface area contributed by atoms with Crippen LogP contribution in [-0.2, 0) is 13.1 Å². The fourth-order valence-electron chi connectivity index (χ4n) is 2.84. The lowest BCUT2D eigenvalue weighted by atomic mass is 10.1. The second kappa shape index (κ2) is 14.5. The first-order valence-corrected chi connectivity index (χ1v) is 10.1. The first-order valence-electron chi connectivity index (χ1n) is 10.1. The number of methoxy groups -OCH3 is 2. The number of ether oxygens (including phenoxy) is 2. The van der Waals surface area contributed by atoms with Gasteiger partial charge in [-0.05, 0) is 36.2 Å². The second-order valence-corrected chi connectivity index (χ2v) is 6.76. The zero-order valence-corrected chi connectivity index (χ0v) is 21.0. The SMILES string of the molecule is CCCCNC(=O)c1ccc(CNC(=NC)NCc2ccc(OC)cc2OC)cc1.I. The van der Waals surface area contributed by atoms with E-state index in [1.807, 2.05) is 42.5 Å². The van der Waals surface area contributed by atoms with Crippen molar-refractivity contribution >= 4 is 35.8 Å². The molecule has 8 heteroatoms. The van der Waals surface area contributed by atoms with Gasteiger partial charge >= 0.3 is 0 Å². The van der Waals surface area contributed by atoms with Crippen molar-refractivity contribution in [2.45, 2.75) is 32.9 Å². The predicted octanol–water partition coefficient (Wildman–Crippen LogP) is 3.72. The number of nitrogens with one attached hydrogen (secondary N) is 3. The second-order valence-electron chi connectivity index (χ2n) is 6.76. The molecule has 0 unspecified atom stereocenters. The molecule has 170 valence electrons. The third kappa shape index (κ3) is 8.64. The fourth-order valence-corrected chi connectivity index (χ4v) is 2.84. The molecule has 0 aliphatic heterocycles. The zero-order chi connectivity index (χ0) is 21.8. The Morgan fingerprint density at radius 1 is 0.968 bits per heavy atom. The summed E-state index contributed by atoms with van der Waals surface area (Å²) in [7, 11) is 4.99. The normalized spacial score (nSPS) is 10.6. The van der Waals surface area contributed by atoms with Crippen molar-refractivity contribution in [1.82, 2.24) is 16.0 Å². The van der Waals surface area contributed by atoms with Crippen LogP contribution in [0.5, 0.6) is 11.5 Å². The van der Waals surface area contributed by atoms with Gasteiger partial charge in [-0.3, -0.25) is 9.79 Å². The van der Waals surface area contributed by atoms with E-state index < -0.39 is 0 Å². The largest absolute Gasteiger partial charge is 0.497 e. The molecular formula is C23H33IN4O3. The number of aliphatic imine (C=N–C) groups is 1. The summed E-state index contributed by atoms with van der Waals surface area (Å²) >= 11 is 0. The quantitative estimate of drug-likeness (QED) is 0.185. The van der Waals surface area contributed by atoms with Gasteiger partial charge in [-0.25, -0.2) is 0 Å². The van der Waals surface area contributed by atoms with Crippen LogP contribution in [0.15, 0.2) is 47.5 Å². The van der Waals surface area contributed by atoms with Gasteiger partial charge in [0.2, 0.25) is 0 Å². The summed E-state index contributed by atoms with van der Waals surface area (Å²) in [5.41, 5.74) is 2.73. The number of rotatable bonds is 10. The molecule has 0 fully saturated rings. The highest BCUT2D eigenvalue weighted by molar-refractivity contribution is 14.0. The average Bonchev–Trinajstić information content (AvgIpc) is 2.79. The van der Waals surface area contributed by atoms with E-state index in [4.69, 9.17) is 9.47 Å². The maximum atomic E-state index is 12.1. The summed E-state index contributed by atoms with van der Waals surface area (Å²) in [5.74, 6) is 2.15. The van der Waals surface area contributed by atoms with Crippen LogP contribution in [0.25, 0.3) is 0 Å². The van der Waals surface area contributed by atoms with Crippen LogP contribution in [0.3, 0.4) is 0 Å². The molecule has 1 amide bonds. The first kappa shape index (κ1) is 26.5. The van der Waals surface area contributed by atoms with E-state index >= 15 is 0 Å². The van der Waals surface area contributed by atoms with Crippen molar-refractivity contribution in [2.75, 3.05) is 27.8 Å².